The molecule has 0 atom stereocenters. The zero-order valence-electron chi connectivity index (χ0n) is 13.5. The third-order valence-electron chi connectivity index (χ3n) is 3.50. The van der Waals surface area contributed by atoms with Crippen molar-refractivity contribution in [3.05, 3.63) is 84.9 Å². The van der Waals surface area contributed by atoms with Gasteiger partial charge in [-0.25, -0.2) is 16.8 Å². The van der Waals surface area contributed by atoms with Gasteiger partial charge in [0.25, 0.3) is 20.0 Å². The Labute approximate surface area is 152 Å². The predicted octanol–water partition coefficient (Wildman–Crippen LogP) is 3.29. The fourth-order valence-electron chi connectivity index (χ4n) is 2.23. The summed E-state index contributed by atoms with van der Waals surface area (Å²) in [5.74, 6) is 0. The highest BCUT2D eigenvalue weighted by molar-refractivity contribution is 7.93. The van der Waals surface area contributed by atoms with E-state index in [2.05, 4.69) is 9.44 Å². The van der Waals surface area contributed by atoms with Crippen molar-refractivity contribution in [2.75, 3.05) is 9.44 Å². The maximum atomic E-state index is 12.3. The molecule has 2 N–H and O–H groups in total. The molecule has 3 aromatic rings. The van der Waals surface area contributed by atoms with E-state index in [1.807, 2.05) is 0 Å². The van der Waals surface area contributed by atoms with Crippen LogP contribution in [0.2, 0.25) is 0 Å². The van der Waals surface area contributed by atoms with E-state index in [1.165, 1.54) is 48.5 Å². The molecule has 0 fully saturated rings. The lowest BCUT2D eigenvalue weighted by molar-refractivity contribution is 0.599. The van der Waals surface area contributed by atoms with Gasteiger partial charge in [-0.15, -0.1) is 0 Å². The Morgan fingerprint density at radius 1 is 0.462 bits per heavy atom. The van der Waals surface area contributed by atoms with Crippen LogP contribution in [0.1, 0.15) is 0 Å². The topological polar surface area (TPSA) is 92.3 Å². The first-order valence-electron chi connectivity index (χ1n) is 7.63. The molecule has 0 saturated heterocycles. The molecule has 6 nitrogen and oxygen atoms in total. The molecule has 0 bridgehead atoms. The molecule has 26 heavy (non-hydrogen) atoms. The molecule has 0 aliphatic rings. The highest BCUT2D eigenvalue weighted by Crippen LogP contribution is 2.20. The Balaban J connectivity index is 1.75. The summed E-state index contributed by atoms with van der Waals surface area (Å²) < 4.78 is 54.0. The standard InChI is InChI=1S/C18H16N2O4S2/c21-25(22,17-7-3-1-4-8-17)19-15-11-13-16(14-12-15)20-26(23,24)18-9-5-2-6-10-18/h1-14,19-20H. The second kappa shape index (κ2) is 7.19. The van der Waals surface area contributed by atoms with Gasteiger partial charge < -0.3 is 0 Å². The Morgan fingerprint density at radius 3 is 1.08 bits per heavy atom. The molecule has 3 aromatic carbocycles. The first-order valence-corrected chi connectivity index (χ1v) is 10.6. The lowest BCUT2D eigenvalue weighted by Gasteiger charge is -2.10. The van der Waals surface area contributed by atoms with Crippen molar-refractivity contribution >= 4 is 31.4 Å². The van der Waals surface area contributed by atoms with Crippen LogP contribution in [0.4, 0.5) is 11.4 Å². The second-order valence-corrected chi connectivity index (χ2v) is 8.78. The fourth-order valence-corrected chi connectivity index (χ4v) is 4.39. The summed E-state index contributed by atoms with van der Waals surface area (Å²) in [6.07, 6.45) is 0. The summed E-state index contributed by atoms with van der Waals surface area (Å²) in [5, 5.41) is 0. The van der Waals surface area contributed by atoms with E-state index in [1.54, 1.807) is 36.4 Å². The molecule has 0 saturated carbocycles. The predicted molar refractivity (Wildman–Crippen MR) is 101 cm³/mol. The smallest absolute Gasteiger partial charge is 0.261 e. The van der Waals surface area contributed by atoms with Gasteiger partial charge in [0.2, 0.25) is 0 Å². The van der Waals surface area contributed by atoms with E-state index in [4.69, 9.17) is 0 Å². The molecule has 0 aliphatic carbocycles. The molecular formula is C18H16N2O4S2. The number of benzene rings is 3. The Bertz CT molecular complexity index is 990. The van der Waals surface area contributed by atoms with E-state index >= 15 is 0 Å². The molecule has 0 amide bonds. The van der Waals surface area contributed by atoms with Crippen LogP contribution in [0, 0.1) is 0 Å². The maximum Gasteiger partial charge on any atom is 0.261 e. The van der Waals surface area contributed by atoms with E-state index < -0.39 is 20.0 Å². The minimum atomic E-state index is -3.69. The number of sulfonamides is 2. The van der Waals surface area contributed by atoms with Crippen LogP contribution < -0.4 is 9.44 Å². The van der Waals surface area contributed by atoms with Gasteiger partial charge in [-0.2, -0.15) is 0 Å². The number of nitrogens with one attached hydrogen (secondary N) is 2. The number of hydrogen-bond acceptors (Lipinski definition) is 4. The minimum Gasteiger partial charge on any atom is -0.280 e. The zero-order valence-corrected chi connectivity index (χ0v) is 15.2. The summed E-state index contributed by atoms with van der Waals surface area (Å²) in [6, 6.07) is 21.9. The van der Waals surface area contributed by atoms with Gasteiger partial charge in [-0.05, 0) is 48.5 Å². The third-order valence-corrected chi connectivity index (χ3v) is 6.29. The highest BCUT2D eigenvalue weighted by Gasteiger charge is 2.15. The molecule has 0 unspecified atom stereocenters. The number of hydrogen-bond donors (Lipinski definition) is 2. The van der Waals surface area contributed by atoms with Crippen LogP contribution >= 0.6 is 0 Å². The van der Waals surface area contributed by atoms with Gasteiger partial charge in [0.15, 0.2) is 0 Å². The molecule has 0 aromatic heterocycles. The minimum absolute atomic E-state index is 0.147. The van der Waals surface area contributed by atoms with Gasteiger partial charge in [0, 0.05) is 11.4 Å². The van der Waals surface area contributed by atoms with Gasteiger partial charge in [0.05, 0.1) is 9.79 Å². The number of rotatable bonds is 6. The molecule has 0 radical (unpaired) electrons. The molecule has 0 aliphatic heterocycles. The maximum absolute atomic E-state index is 12.3. The quantitative estimate of drug-likeness (QED) is 0.678. The highest BCUT2D eigenvalue weighted by atomic mass is 32.2. The Hall–Kier alpha value is -2.84. The van der Waals surface area contributed by atoms with Gasteiger partial charge >= 0.3 is 0 Å². The lowest BCUT2D eigenvalue weighted by atomic mass is 10.3. The van der Waals surface area contributed by atoms with E-state index in [0.29, 0.717) is 11.4 Å². The average molecular weight is 388 g/mol. The third kappa shape index (κ3) is 4.22. The largest absolute Gasteiger partial charge is 0.280 e. The van der Waals surface area contributed by atoms with Crippen LogP contribution in [-0.2, 0) is 20.0 Å². The van der Waals surface area contributed by atoms with Crippen LogP contribution in [0.5, 0.6) is 0 Å². The van der Waals surface area contributed by atoms with E-state index in [-0.39, 0.29) is 9.79 Å². The lowest BCUT2D eigenvalue weighted by Crippen LogP contribution is -2.14. The molecule has 0 heterocycles. The van der Waals surface area contributed by atoms with Crippen LogP contribution in [0.15, 0.2) is 94.7 Å². The first kappa shape index (κ1) is 18.0. The van der Waals surface area contributed by atoms with Crippen LogP contribution in [0.3, 0.4) is 0 Å². The van der Waals surface area contributed by atoms with Crippen molar-refractivity contribution in [3.63, 3.8) is 0 Å². The van der Waals surface area contributed by atoms with E-state index in [9.17, 15) is 16.8 Å². The Kier molecular flexibility index (Phi) is 4.97. The van der Waals surface area contributed by atoms with Crippen molar-refractivity contribution in [1.82, 2.24) is 0 Å². The van der Waals surface area contributed by atoms with Crippen LogP contribution in [0.25, 0.3) is 0 Å². The van der Waals surface area contributed by atoms with Gasteiger partial charge in [-0.1, -0.05) is 36.4 Å². The molecule has 134 valence electrons. The van der Waals surface area contributed by atoms with Crippen molar-refractivity contribution in [2.45, 2.75) is 9.79 Å². The summed E-state index contributed by atoms with van der Waals surface area (Å²) in [7, 11) is -7.39. The van der Waals surface area contributed by atoms with Gasteiger partial charge in [-0.3, -0.25) is 9.44 Å². The Morgan fingerprint density at radius 2 is 0.769 bits per heavy atom. The van der Waals surface area contributed by atoms with Crippen molar-refractivity contribution in [3.8, 4) is 0 Å². The van der Waals surface area contributed by atoms with E-state index in [0.717, 1.165) is 0 Å². The van der Waals surface area contributed by atoms with Crippen molar-refractivity contribution in [1.29, 1.82) is 0 Å². The monoisotopic (exact) mass is 388 g/mol. The summed E-state index contributed by atoms with van der Waals surface area (Å²) in [6.45, 7) is 0. The van der Waals surface area contributed by atoms with Crippen LogP contribution in [-0.4, -0.2) is 16.8 Å². The van der Waals surface area contributed by atoms with Gasteiger partial charge in [0.1, 0.15) is 0 Å². The summed E-state index contributed by atoms with van der Waals surface area (Å²) in [4.78, 5) is 0.294. The molecule has 8 heteroatoms. The normalized spacial score (nSPS) is 11.7. The summed E-state index contributed by atoms with van der Waals surface area (Å²) in [5.41, 5.74) is 0.660. The van der Waals surface area contributed by atoms with Crippen molar-refractivity contribution < 1.29 is 16.8 Å². The molecule has 3 rings (SSSR count). The zero-order chi connectivity index (χ0) is 18.6. The molecule has 0 spiro atoms. The SMILES string of the molecule is O=S(=O)(Nc1ccc(NS(=O)(=O)c2ccccc2)cc1)c1ccccc1. The fraction of sp³-hybridized carbons (Fsp3) is 0. The number of anilines is 2. The first-order chi connectivity index (χ1) is 12.4. The van der Waals surface area contributed by atoms with Crippen molar-refractivity contribution in [2.24, 2.45) is 0 Å². The molecular weight excluding hydrogens is 372 g/mol. The average Bonchev–Trinajstić information content (AvgIpc) is 2.64. The summed E-state index contributed by atoms with van der Waals surface area (Å²) >= 11 is 0. The second-order valence-electron chi connectivity index (χ2n) is 5.41.